The number of amides is 1. The zero-order valence-electron chi connectivity index (χ0n) is 14.3. The first-order valence-electron chi connectivity index (χ1n) is 7.90. The minimum atomic E-state index is -3.38. The highest BCUT2D eigenvalue weighted by Crippen LogP contribution is 2.39. The lowest BCUT2D eigenvalue weighted by Gasteiger charge is -2.08. The predicted molar refractivity (Wildman–Crippen MR) is 101 cm³/mol. The summed E-state index contributed by atoms with van der Waals surface area (Å²) in [4.78, 5) is 25.7. The normalized spacial score (nSPS) is 13.2. The van der Waals surface area contributed by atoms with Crippen molar-refractivity contribution in [3.63, 3.8) is 0 Å². The molecule has 2 aromatic rings. The van der Waals surface area contributed by atoms with Crippen LogP contribution in [-0.4, -0.2) is 33.7 Å². The van der Waals surface area contributed by atoms with Gasteiger partial charge in [0.15, 0.2) is 0 Å². The molecule has 7 nitrogen and oxygen atoms in total. The maximum atomic E-state index is 12.5. The van der Waals surface area contributed by atoms with Gasteiger partial charge < -0.3 is 10.1 Å². The van der Waals surface area contributed by atoms with Crippen LogP contribution in [0.15, 0.2) is 24.3 Å². The van der Waals surface area contributed by atoms with Gasteiger partial charge in [-0.05, 0) is 49.1 Å². The number of methoxy groups -OCH3 is 1. The van der Waals surface area contributed by atoms with Crippen LogP contribution in [0.25, 0.3) is 0 Å². The number of nitrogens with one attached hydrogen (secondary N) is 2. The molecule has 0 bridgehead atoms. The van der Waals surface area contributed by atoms with Crippen LogP contribution in [0.1, 0.15) is 37.6 Å². The number of aryl methyl sites for hydroxylation is 1. The minimum Gasteiger partial charge on any atom is -0.465 e. The number of thiophene rings is 1. The first-order valence-corrected chi connectivity index (χ1v) is 10.6. The lowest BCUT2D eigenvalue weighted by Crippen LogP contribution is -2.15. The molecule has 0 unspecified atom stereocenters. The summed E-state index contributed by atoms with van der Waals surface area (Å²) >= 11 is 1.40. The van der Waals surface area contributed by atoms with Gasteiger partial charge in [0.25, 0.3) is 5.91 Å². The number of anilines is 2. The molecule has 0 atom stereocenters. The van der Waals surface area contributed by atoms with E-state index in [-0.39, 0.29) is 5.91 Å². The molecule has 2 N–H and O–H groups in total. The first-order chi connectivity index (χ1) is 12.3. The van der Waals surface area contributed by atoms with Gasteiger partial charge in [-0.2, -0.15) is 0 Å². The molecule has 1 aliphatic carbocycles. The average Bonchev–Trinajstić information content (AvgIpc) is 3.13. The van der Waals surface area contributed by atoms with Crippen molar-refractivity contribution in [2.45, 2.75) is 19.3 Å². The van der Waals surface area contributed by atoms with E-state index in [0.717, 1.165) is 36.0 Å². The molecule has 0 saturated heterocycles. The zero-order valence-corrected chi connectivity index (χ0v) is 15.9. The Morgan fingerprint density at radius 2 is 1.85 bits per heavy atom. The third-order valence-electron chi connectivity index (χ3n) is 3.99. The Morgan fingerprint density at radius 1 is 1.15 bits per heavy atom. The standard InChI is InChI=1S/C17H18N2O5S2/c1-24-17(21)14-12-4-3-5-13(12)25-16(14)18-15(20)10-6-8-11(9-7-10)19-26(2,22)23/h6-9,19H,3-5H2,1-2H3,(H,18,20). The molecule has 0 aliphatic heterocycles. The van der Waals surface area contributed by atoms with Gasteiger partial charge in [0, 0.05) is 16.1 Å². The molecular formula is C17H18N2O5S2. The fourth-order valence-electron chi connectivity index (χ4n) is 2.89. The van der Waals surface area contributed by atoms with E-state index < -0.39 is 16.0 Å². The van der Waals surface area contributed by atoms with Gasteiger partial charge in [-0.1, -0.05) is 0 Å². The number of hydrogen-bond donors (Lipinski definition) is 2. The van der Waals surface area contributed by atoms with Crippen molar-refractivity contribution in [1.82, 2.24) is 0 Å². The predicted octanol–water partition coefficient (Wildman–Crippen LogP) is 2.65. The maximum absolute atomic E-state index is 12.5. The first kappa shape index (κ1) is 18.4. The van der Waals surface area contributed by atoms with E-state index in [1.807, 2.05) is 0 Å². The number of fused-ring (bicyclic) bond motifs is 1. The van der Waals surface area contributed by atoms with E-state index in [1.54, 1.807) is 0 Å². The Bertz CT molecular complexity index is 962. The Balaban J connectivity index is 1.81. The summed E-state index contributed by atoms with van der Waals surface area (Å²) in [7, 11) is -2.06. The van der Waals surface area contributed by atoms with Gasteiger partial charge in [-0.3, -0.25) is 9.52 Å². The van der Waals surface area contributed by atoms with Crippen molar-refractivity contribution in [2.75, 3.05) is 23.4 Å². The van der Waals surface area contributed by atoms with Gasteiger partial charge in [0.2, 0.25) is 10.0 Å². The molecule has 1 aromatic carbocycles. The molecule has 138 valence electrons. The third kappa shape index (κ3) is 3.88. The second-order valence-electron chi connectivity index (χ2n) is 5.96. The fourth-order valence-corrected chi connectivity index (χ4v) is 4.73. The Hall–Kier alpha value is -2.39. The molecule has 1 heterocycles. The number of sulfonamides is 1. The molecule has 1 amide bonds. The zero-order chi connectivity index (χ0) is 18.9. The summed E-state index contributed by atoms with van der Waals surface area (Å²) in [5.41, 5.74) is 2.13. The van der Waals surface area contributed by atoms with Gasteiger partial charge >= 0.3 is 5.97 Å². The van der Waals surface area contributed by atoms with Crippen LogP contribution in [0.2, 0.25) is 0 Å². The number of hydrogen-bond acceptors (Lipinski definition) is 6. The van der Waals surface area contributed by atoms with Crippen molar-refractivity contribution < 1.29 is 22.7 Å². The molecule has 1 aliphatic rings. The van der Waals surface area contributed by atoms with Crippen molar-refractivity contribution in [1.29, 1.82) is 0 Å². The highest BCUT2D eigenvalue weighted by atomic mass is 32.2. The van der Waals surface area contributed by atoms with Crippen molar-refractivity contribution in [3.05, 3.63) is 45.8 Å². The van der Waals surface area contributed by atoms with E-state index in [9.17, 15) is 18.0 Å². The van der Waals surface area contributed by atoms with E-state index >= 15 is 0 Å². The topological polar surface area (TPSA) is 102 Å². The van der Waals surface area contributed by atoms with Crippen LogP contribution in [0, 0.1) is 0 Å². The van der Waals surface area contributed by atoms with Gasteiger partial charge in [0.05, 0.1) is 18.9 Å². The number of ether oxygens (including phenoxy) is 1. The van der Waals surface area contributed by atoms with Crippen molar-refractivity contribution >= 4 is 43.9 Å². The van der Waals surface area contributed by atoms with Crippen LogP contribution < -0.4 is 10.0 Å². The van der Waals surface area contributed by atoms with Gasteiger partial charge in [-0.25, -0.2) is 13.2 Å². The number of benzene rings is 1. The summed E-state index contributed by atoms with van der Waals surface area (Å²) in [6.45, 7) is 0. The van der Waals surface area contributed by atoms with E-state index in [0.29, 0.717) is 21.8 Å². The lowest BCUT2D eigenvalue weighted by atomic mass is 10.1. The second kappa shape index (κ2) is 7.08. The molecule has 0 fully saturated rings. The largest absolute Gasteiger partial charge is 0.465 e. The third-order valence-corrected chi connectivity index (χ3v) is 5.80. The molecule has 0 radical (unpaired) electrons. The number of rotatable bonds is 5. The summed E-state index contributed by atoms with van der Waals surface area (Å²) in [5.74, 6) is -0.826. The molecule has 0 saturated carbocycles. The minimum absolute atomic E-state index is 0.355. The molecule has 1 aromatic heterocycles. The second-order valence-corrected chi connectivity index (χ2v) is 8.81. The lowest BCUT2D eigenvalue weighted by molar-refractivity contribution is 0.0601. The van der Waals surface area contributed by atoms with Crippen LogP contribution in [0.3, 0.4) is 0 Å². The van der Waals surface area contributed by atoms with Crippen LogP contribution >= 0.6 is 11.3 Å². The Morgan fingerprint density at radius 3 is 2.46 bits per heavy atom. The molecular weight excluding hydrogens is 376 g/mol. The highest BCUT2D eigenvalue weighted by molar-refractivity contribution is 7.92. The van der Waals surface area contributed by atoms with E-state index in [4.69, 9.17) is 4.74 Å². The highest BCUT2D eigenvalue weighted by Gasteiger charge is 2.28. The molecule has 26 heavy (non-hydrogen) atoms. The number of esters is 1. The summed E-state index contributed by atoms with van der Waals surface area (Å²) < 4.78 is 29.6. The van der Waals surface area contributed by atoms with Gasteiger partial charge in [0.1, 0.15) is 5.00 Å². The van der Waals surface area contributed by atoms with Gasteiger partial charge in [-0.15, -0.1) is 11.3 Å². The molecule has 0 spiro atoms. The number of carbonyl (C=O) groups excluding carboxylic acids is 2. The summed E-state index contributed by atoms with van der Waals surface area (Å²) in [6, 6.07) is 6.04. The van der Waals surface area contributed by atoms with Crippen molar-refractivity contribution in [2.24, 2.45) is 0 Å². The van der Waals surface area contributed by atoms with E-state index in [2.05, 4.69) is 10.0 Å². The SMILES string of the molecule is COC(=O)c1c(NC(=O)c2ccc(NS(C)(=O)=O)cc2)sc2c1CCC2. The van der Waals surface area contributed by atoms with Crippen LogP contribution in [0.4, 0.5) is 10.7 Å². The van der Waals surface area contributed by atoms with Crippen molar-refractivity contribution in [3.8, 4) is 0 Å². The summed E-state index contributed by atoms with van der Waals surface area (Å²) in [5, 5.41) is 3.27. The Labute approximate surface area is 155 Å². The quantitative estimate of drug-likeness (QED) is 0.759. The van der Waals surface area contributed by atoms with Crippen LogP contribution in [0.5, 0.6) is 0 Å². The van der Waals surface area contributed by atoms with E-state index in [1.165, 1.54) is 42.7 Å². The monoisotopic (exact) mass is 394 g/mol. The molecule has 9 heteroatoms. The number of carbonyl (C=O) groups is 2. The smallest absolute Gasteiger partial charge is 0.341 e. The fraction of sp³-hybridized carbons (Fsp3) is 0.294. The maximum Gasteiger partial charge on any atom is 0.341 e. The Kier molecular flexibility index (Phi) is 5.01. The molecule has 3 rings (SSSR count). The average molecular weight is 394 g/mol. The van der Waals surface area contributed by atoms with Crippen LogP contribution in [-0.2, 0) is 27.6 Å². The summed E-state index contributed by atoms with van der Waals surface area (Å²) in [6.07, 6.45) is 3.75.